The van der Waals surface area contributed by atoms with Gasteiger partial charge in [-0.05, 0) is 30.7 Å². The van der Waals surface area contributed by atoms with Gasteiger partial charge in [0, 0.05) is 27.4 Å². The third-order valence-electron chi connectivity index (χ3n) is 3.86. The molecule has 2 aromatic carbocycles. The normalized spacial score (nSPS) is 10.8. The molecule has 5 heteroatoms. The zero-order valence-electron chi connectivity index (χ0n) is 13.2. The third-order valence-corrected chi connectivity index (χ3v) is 4.57. The molecule has 0 aliphatic rings. The molecule has 122 valence electrons. The lowest BCUT2D eigenvalue weighted by molar-refractivity contribution is 0.0991. The highest BCUT2D eigenvalue weighted by atomic mass is 35.5. The van der Waals surface area contributed by atoms with Crippen LogP contribution in [0.2, 0.25) is 10.0 Å². The number of nitrogens with zero attached hydrogens (tertiary/aromatic N) is 2. The number of benzene rings is 2. The largest absolute Gasteiger partial charge is 0.294 e. The molecule has 0 radical (unpaired) electrons. The van der Waals surface area contributed by atoms with Crippen LogP contribution < -0.4 is 0 Å². The van der Waals surface area contributed by atoms with E-state index in [1.165, 1.54) is 0 Å². The Bertz CT molecular complexity index is 866. The topological polar surface area (TPSA) is 34.9 Å². The van der Waals surface area contributed by atoms with E-state index in [9.17, 15) is 4.79 Å². The molecule has 0 amide bonds. The molecule has 3 nitrogen and oxygen atoms in total. The molecular weight excluding hydrogens is 343 g/mol. The predicted molar refractivity (Wildman–Crippen MR) is 97.0 cm³/mol. The fourth-order valence-electron chi connectivity index (χ4n) is 2.58. The van der Waals surface area contributed by atoms with Crippen LogP contribution in [0.4, 0.5) is 0 Å². The summed E-state index contributed by atoms with van der Waals surface area (Å²) in [6.07, 6.45) is 2.11. The fraction of sp³-hybridized carbons (Fsp3) is 0.158. The second-order valence-electron chi connectivity index (χ2n) is 5.62. The van der Waals surface area contributed by atoms with Gasteiger partial charge in [-0.1, -0.05) is 53.5 Å². The van der Waals surface area contributed by atoms with E-state index in [-0.39, 0.29) is 12.2 Å². The van der Waals surface area contributed by atoms with E-state index in [1.54, 1.807) is 16.8 Å². The number of rotatable bonds is 5. The molecule has 24 heavy (non-hydrogen) atoms. The summed E-state index contributed by atoms with van der Waals surface area (Å²) in [7, 11) is 0. The second kappa shape index (κ2) is 7.20. The lowest BCUT2D eigenvalue weighted by Crippen LogP contribution is -2.07. The minimum Gasteiger partial charge on any atom is -0.294 e. The Balaban J connectivity index is 1.74. The SMILES string of the molecule is Cc1ccccc1C(=O)Cc1ccn(Cc2c(Cl)cccc2Cl)n1. The number of aryl methyl sites for hydroxylation is 1. The average Bonchev–Trinajstić information content (AvgIpc) is 2.98. The van der Waals surface area contributed by atoms with Gasteiger partial charge < -0.3 is 0 Å². The van der Waals surface area contributed by atoms with E-state index in [0.717, 1.165) is 22.4 Å². The standard InChI is InChI=1S/C19H16Cl2N2O/c1-13-5-2-3-6-15(13)19(24)11-14-9-10-23(22-14)12-16-17(20)7-4-8-18(16)21/h2-10H,11-12H2,1H3. The number of Topliss-reactive ketones (excluding diaryl/α,β-unsaturated/α-hetero) is 1. The first-order valence-corrected chi connectivity index (χ1v) is 8.34. The lowest BCUT2D eigenvalue weighted by atomic mass is 10.0. The summed E-state index contributed by atoms with van der Waals surface area (Å²) >= 11 is 12.4. The number of aromatic nitrogens is 2. The van der Waals surface area contributed by atoms with Crippen LogP contribution in [-0.4, -0.2) is 15.6 Å². The maximum absolute atomic E-state index is 12.4. The van der Waals surface area contributed by atoms with Gasteiger partial charge in [0.15, 0.2) is 5.78 Å². The maximum atomic E-state index is 12.4. The van der Waals surface area contributed by atoms with E-state index in [2.05, 4.69) is 5.10 Å². The molecule has 1 heterocycles. The minimum atomic E-state index is 0.0640. The first-order valence-electron chi connectivity index (χ1n) is 7.58. The van der Waals surface area contributed by atoms with E-state index in [1.807, 2.05) is 49.5 Å². The number of hydrogen-bond donors (Lipinski definition) is 0. The number of halogens is 2. The van der Waals surface area contributed by atoms with Crippen molar-refractivity contribution in [2.75, 3.05) is 0 Å². The Labute approximate surface area is 150 Å². The number of carbonyl (C=O) groups is 1. The summed E-state index contributed by atoms with van der Waals surface area (Å²) in [5, 5.41) is 5.68. The van der Waals surface area contributed by atoms with Crippen molar-refractivity contribution in [3.63, 3.8) is 0 Å². The molecule has 0 saturated heterocycles. The highest BCUT2D eigenvalue weighted by molar-refractivity contribution is 6.35. The lowest BCUT2D eigenvalue weighted by Gasteiger charge is -2.07. The van der Waals surface area contributed by atoms with Crippen molar-refractivity contribution >= 4 is 29.0 Å². The van der Waals surface area contributed by atoms with Crippen molar-refractivity contribution < 1.29 is 4.79 Å². The minimum absolute atomic E-state index is 0.0640. The summed E-state index contributed by atoms with van der Waals surface area (Å²) < 4.78 is 1.74. The van der Waals surface area contributed by atoms with Gasteiger partial charge in [-0.3, -0.25) is 9.48 Å². The first-order chi connectivity index (χ1) is 11.5. The summed E-state index contributed by atoms with van der Waals surface area (Å²) in [6, 6.07) is 14.8. The molecule has 0 saturated carbocycles. The van der Waals surface area contributed by atoms with Crippen LogP contribution in [-0.2, 0) is 13.0 Å². The van der Waals surface area contributed by atoms with Crippen molar-refractivity contribution in [2.24, 2.45) is 0 Å². The fourth-order valence-corrected chi connectivity index (χ4v) is 3.09. The Morgan fingerprint density at radius 1 is 1.04 bits per heavy atom. The van der Waals surface area contributed by atoms with Crippen molar-refractivity contribution in [2.45, 2.75) is 19.9 Å². The van der Waals surface area contributed by atoms with Crippen molar-refractivity contribution in [3.05, 3.63) is 87.2 Å². The Hall–Kier alpha value is -2.10. The molecule has 0 atom stereocenters. The van der Waals surface area contributed by atoms with Crippen molar-refractivity contribution in [3.8, 4) is 0 Å². The smallest absolute Gasteiger partial charge is 0.169 e. The molecule has 3 rings (SSSR count). The molecular formula is C19H16Cl2N2O. The van der Waals surface area contributed by atoms with Crippen LogP contribution in [0.1, 0.15) is 27.2 Å². The van der Waals surface area contributed by atoms with Gasteiger partial charge in [-0.15, -0.1) is 0 Å². The van der Waals surface area contributed by atoms with Gasteiger partial charge in [0.25, 0.3) is 0 Å². The van der Waals surface area contributed by atoms with Crippen LogP contribution in [0.3, 0.4) is 0 Å². The van der Waals surface area contributed by atoms with Crippen molar-refractivity contribution in [1.29, 1.82) is 0 Å². The van der Waals surface area contributed by atoms with Gasteiger partial charge in [-0.25, -0.2) is 0 Å². The summed E-state index contributed by atoms with van der Waals surface area (Å²) in [5.74, 6) is 0.0640. The second-order valence-corrected chi connectivity index (χ2v) is 6.43. The van der Waals surface area contributed by atoms with Gasteiger partial charge in [0.2, 0.25) is 0 Å². The molecule has 0 N–H and O–H groups in total. The Morgan fingerprint density at radius 3 is 2.46 bits per heavy atom. The highest BCUT2D eigenvalue weighted by Crippen LogP contribution is 2.25. The molecule has 0 aliphatic heterocycles. The number of hydrogen-bond acceptors (Lipinski definition) is 2. The predicted octanol–water partition coefficient (Wildman–Crippen LogP) is 4.97. The Morgan fingerprint density at radius 2 is 1.75 bits per heavy atom. The molecule has 0 aliphatic carbocycles. The summed E-state index contributed by atoms with van der Waals surface area (Å²) in [4.78, 5) is 12.4. The molecule has 0 unspecified atom stereocenters. The van der Waals surface area contributed by atoms with Gasteiger partial charge >= 0.3 is 0 Å². The molecule has 0 bridgehead atoms. The zero-order chi connectivity index (χ0) is 17.1. The van der Waals surface area contributed by atoms with Crippen LogP contribution in [0.15, 0.2) is 54.7 Å². The molecule has 0 spiro atoms. The third kappa shape index (κ3) is 3.69. The van der Waals surface area contributed by atoms with Crippen molar-refractivity contribution in [1.82, 2.24) is 9.78 Å². The van der Waals surface area contributed by atoms with E-state index < -0.39 is 0 Å². The summed E-state index contributed by atoms with van der Waals surface area (Å²) in [5.41, 5.74) is 3.26. The van der Waals surface area contributed by atoms with E-state index >= 15 is 0 Å². The summed E-state index contributed by atoms with van der Waals surface area (Å²) in [6.45, 7) is 2.41. The number of carbonyl (C=O) groups excluding carboxylic acids is 1. The number of ketones is 1. The van der Waals surface area contributed by atoms with E-state index in [4.69, 9.17) is 23.2 Å². The van der Waals surface area contributed by atoms with Gasteiger partial charge in [0.1, 0.15) is 0 Å². The van der Waals surface area contributed by atoms with Crippen LogP contribution >= 0.6 is 23.2 Å². The quantitative estimate of drug-likeness (QED) is 0.603. The monoisotopic (exact) mass is 358 g/mol. The highest BCUT2D eigenvalue weighted by Gasteiger charge is 2.12. The zero-order valence-corrected chi connectivity index (χ0v) is 14.7. The molecule has 3 aromatic rings. The molecule has 1 aromatic heterocycles. The van der Waals surface area contributed by atoms with Gasteiger partial charge in [0.05, 0.1) is 18.7 Å². The van der Waals surface area contributed by atoms with Crippen LogP contribution in [0, 0.1) is 6.92 Å². The van der Waals surface area contributed by atoms with Gasteiger partial charge in [-0.2, -0.15) is 5.10 Å². The van der Waals surface area contributed by atoms with E-state index in [0.29, 0.717) is 16.6 Å². The first kappa shape index (κ1) is 16.7. The van der Waals surface area contributed by atoms with Crippen LogP contribution in [0.5, 0.6) is 0 Å². The Kier molecular flexibility index (Phi) is 5.03. The molecule has 0 fully saturated rings. The van der Waals surface area contributed by atoms with Crippen LogP contribution in [0.25, 0.3) is 0 Å². The maximum Gasteiger partial charge on any atom is 0.169 e. The average molecular weight is 359 g/mol.